The van der Waals surface area contributed by atoms with E-state index >= 15 is 0 Å². The van der Waals surface area contributed by atoms with Crippen LogP contribution in [0.4, 0.5) is 0 Å². The van der Waals surface area contributed by atoms with Gasteiger partial charge in [0.25, 0.3) is 5.91 Å². The Hall–Kier alpha value is -1.68. The van der Waals surface area contributed by atoms with Gasteiger partial charge in [0, 0.05) is 11.4 Å². The number of nitrogens with one attached hydrogen (secondary N) is 1. The van der Waals surface area contributed by atoms with Gasteiger partial charge >= 0.3 is 0 Å². The Balaban J connectivity index is 1.53. The van der Waals surface area contributed by atoms with Gasteiger partial charge in [-0.15, -0.1) is 11.3 Å². The maximum atomic E-state index is 12.0. The van der Waals surface area contributed by atoms with Crippen LogP contribution < -0.4 is 5.32 Å². The van der Waals surface area contributed by atoms with Crippen LogP contribution in [0.5, 0.6) is 0 Å². The van der Waals surface area contributed by atoms with E-state index in [4.69, 9.17) is 0 Å². The molecule has 0 aliphatic heterocycles. The van der Waals surface area contributed by atoms with Crippen molar-refractivity contribution in [1.29, 1.82) is 0 Å². The number of benzene rings is 1. The molecule has 1 saturated carbocycles. The molecule has 1 aromatic carbocycles. The number of hydrogen-bond donors (Lipinski definition) is 1. The summed E-state index contributed by atoms with van der Waals surface area (Å²) in [4.78, 5) is 16.0. The van der Waals surface area contributed by atoms with Crippen LogP contribution in [0.15, 0.2) is 41.2 Å². The summed E-state index contributed by atoms with van der Waals surface area (Å²) in [6.45, 7) is 0. The highest BCUT2D eigenvalue weighted by Gasteiger charge is 2.23. The molecule has 0 saturated heterocycles. The van der Waals surface area contributed by atoms with Crippen LogP contribution in [0, 0.1) is 0 Å². The van der Waals surface area contributed by atoms with E-state index < -0.39 is 0 Å². The first-order valence-electron chi connectivity index (χ1n) is 7.07. The average molecular weight is 286 g/mol. The zero-order valence-electron chi connectivity index (χ0n) is 11.3. The number of nitrogens with zero attached hydrogens (tertiary/aromatic N) is 1. The van der Waals surface area contributed by atoms with Gasteiger partial charge in [0.05, 0.1) is 5.51 Å². The van der Waals surface area contributed by atoms with Crippen LogP contribution in [-0.4, -0.2) is 16.9 Å². The Kier molecular flexibility index (Phi) is 4.11. The average Bonchev–Trinajstić information content (AvgIpc) is 3.03. The predicted molar refractivity (Wildman–Crippen MR) is 81.0 cm³/mol. The van der Waals surface area contributed by atoms with Crippen LogP contribution in [0.2, 0.25) is 0 Å². The van der Waals surface area contributed by atoms with Gasteiger partial charge in [0.15, 0.2) is 0 Å². The second kappa shape index (κ2) is 6.18. The van der Waals surface area contributed by atoms with E-state index in [1.807, 2.05) is 0 Å². The lowest BCUT2D eigenvalue weighted by molar-refractivity contribution is 0.0921. The highest BCUT2D eigenvalue weighted by atomic mass is 32.1. The highest BCUT2D eigenvalue weighted by Crippen LogP contribution is 2.32. The van der Waals surface area contributed by atoms with Crippen LogP contribution in [0.3, 0.4) is 0 Å². The number of carbonyl (C=O) groups is 1. The molecular weight excluding hydrogens is 268 g/mol. The molecule has 0 unspecified atom stereocenters. The smallest absolute Gasteiger partial charge is 0.270 e. The molecule has 1 amide bonds. The van der Waals surface area contributed by atoms with Gasteiger partial charge < -0.3 is 5.32 Å². The minimum atomic E-state index is -0.0330. The molecule has 2 aromatic rings. The first-order chi connectivity index (χ1) is 9.83. The molecule has 0 atom stereocenters. The monoisotopic (exact) mass is 286 g/mol. The third kappa shape index (κ3) is 3.07. The molecule has 0 radical (unpaired) electrons. The van der Waals surface area contributed by atoms with Gasteiger partial charge in [-0.25, -0.2) is 4.98 Å². The fraction of sp³-hybridized carbons (Fsp3) is 0.375. The van der Waals surface area contributed by atoms with Crippen molar-refractivity contribution in [2.45, 2.75) is 37.6 Å². The lowest BCUT2D eigenvalue weighted by atomic mass is 9.82. The number of carbonyl (C=O) groups excluding carboxylic acids is 1. The molecule has 0 spiro atoms. The minimum Gasteiger partial charge on any atom is -0.348 e. The van der Waals surface area contributed by atoms with E-state index in [0.29, 0.717) is 17.7 Å². The first-order valence-corrected chi connectivity index (χ1v) is 8.01. The van der Waals surface area contributed by atoms with Gasteiger partial charge in [-0.2, -0.15) is 0 Å². The Morgan fingerprint density at radius 1 is 1.15 bits per heavy atom. The van der Waals surface area contributed by atoms with E-state index in [9.17, 15) is 4.79 Å². The number of amides is 1. The van der Waals surface area contributed by atoms with E-state index in [1.165, 1.54) is 16.9 Å². The molecule has 3 nitrogen and oxygen atoms in total. The second-order valence-electron chi connectivity index (χ2n) is 5.31. The molecule has 0 bridgehead atoms. The zero-order valence-corrected chi connectivity index (χ0v) is 12.1. The fourth-order valence-corrected chi connectivity index (χ4v) is 3.41. The number of rotatable bonds is 3. The molecule has 1 heterocycles. The van der Waals surface area contributed by atoms with Crippen molar-refractivity contribution in [3.63, 3.8) is 0 Å². The van der Waals surface area contributed by atoms with Crippen molar-refractivity contribution < 1.29 is 4.79 Å². The van der Waals surface area contributed by atoms with Gasteiger partial charge in [0.1, 0.15) is 5.69 Å². The Labute approximate surface area is 123 Å². The molecule has 20 heavy (non-hydrogen) atoms. The van der Waals surface area contributed by atoms with Crippen molar-refractivity contribution in [1.82, 2.24) is 10.3 Å². The highest BCUT2D eigenvalue weighted by molar-refractivity contribution is 7.07. The van der Waals surface area contributed by atoms with Crippen LogP contribution in [0.25, 0.3) is 0 Å². The lowest BCUT2D eigenvalue weighted by Gasteiger charge is -2.29. The van der Waals surface area contributed by atoms with Crippen LogP contribution >= 0.6 is 11.3 Å². The number of hydrogen-bond acceptors (Lipinski definition) is 3. The summed E-state index contributed by atoms with van der Waals surface area (Å²) in [5, 5.41) is 4.90. The lowest BCUT2D eigenvalue weighted by Crippen LogP contribution is -2.37. The minimum absolute atomic E-state index is 0.0330. The largest absolute Gasteiger partial charge is 0.348 e. The van der Waals surface area contributed by atoms with Gasteiger partial charge in [-0.05, 0) is 37.2 Å². The second-order valence-corrected chi connectivity index (χ2v) is 6.03. The summed E-state index contributed by atoms with van der Waals surface area (Å²) in [6, 6.07) is 11.0. The Morgan fingerprint density at radius 3 is 2.55 bits per heavy atom. The van der Waals surface area contributed by atoms with E-state index in [2.05, 4.69) is 40.6 Å². The van der Waals surface area contributed by atoms with Crippen LogP contribution in [0.1, 0.15) is 47.7 Å². The van der Waals surface area contributed by atoms with E-state index in [-0.39, 0.29) is 5.91 Å². The van der Waals surface area contributed by atoms with E-state index in [0.717, 1.165) is 25.7 Å². The van der Waals surface area contributed by atoms with Crippen molar-refractivity contribution in [3.05, 3.63) is 52.5 Å². The summed E-state index contributed by atoms with van der Waals surface area (Å²) in [7, 11) is 0. The summed E-state index contributed by atoms with van der Waals surface area (Å²) in [5.74, 6) is 0.609. The van der Waals surface area contributed by atoms with Crippen molar-refractivity contribution in [2.75, 3.05) is 0 Å². The summed E-state index contributed by atoms with van der Waals surface area (Å²) in [5.41, 5.74) is 3.67. The third-order valence-electron chi connectivity index (χ3n) is 4.00. The number of thiazole rings is 1. The normalized spacial score (nSPS) is 22.4. The molecule has 1 aromatic heterocycles. The van der Waals surface area contributed by atoms with Gasteiger partial charge in [-0.1, -0.05) is 30.3 Å². The molecule has 3 rings (SSSR count). The maximum Gasteiger partial charge on any atom is 0.270 e. The topological polar surface area (TPSA) is 42.0 Å². The van der Waals surface area contributed by atoms with Crippen LogP contribution in [-0.2, 0) is 0 Å². The molecule has 104 valence electrons. The molecule has 4 heteroatoms. The zero-order chi connectivity index (χ0) is 13.8. The van der Waals surface area contributed by atoms with E-state index in [1.54, 1.807) is 10.9 Å². The maximum absolute atomic E-state index is 12.0. The van der Waals surface area contributed by atoms with Crippen molar-refractivity contribution in [3.8, 4) is 0 Å². The Bertz CT molecular complexity index is 545. The molecule has 1 N–H and O–H groups in total. The molecular formula is C16H18N2OS. The molecule has 1 fully saturated rings. The molecule has 1 aliphatic carbocycles. The standard InChI is InChI=1S/C16H18N2OS/c19-16(15-10-20-11-17-15)18-14-8-6-13(7-9-14)12-4-2-1-3-5-12/h1-5,10-11,13-14H,6-9H2,(H,18,19). The molecule has 1 aliphatic rings. The SMILES string of the molecule is O=C(NC1CCC(c2ccccc2)CC1)c1cscn1. The summed E-state index contributed by atoms with van der Waals surface area (Å²) < 4.78 is 0. The third-order valence-corrected chi connectivity index (χ3v) is 4.58. The first kappa shape index (κ1) is 13.3. The van der Waals surface area contributed by atoms with Gasteiger partial charge in [-0.3, -0.25) is 4.79 Å². The quantitative estimate of drug-likeness (QED) is 0.936. The van der Waals surface area contributed by atoms with Gasteiger partial charge in [0.2, 0.25) is 0 Å². The fourth-order valence-electron chi connectivity index (χ4n) is 2.88. The number of aromatic nitrogens is 1. The van der Waals surface area contributed by atoms with Crippen molar-refractivity contribution in [2.24, 2.45) is 0 Å². The summed E-state index contributed by atoms with van der Waals surface area (Å²) >= 11 is 1.46. The predicted octanol–water partition coefficient (Wildman–Crippen LogP) is 3.60. The van der Waals surface area contributed by atoms with Crippen molar-refractivity contribution >= 4 is 17.2 Å². The summed E-state index contributed by atoms with van der Waals surface area (Å²) in [6.07, 6.45) is 4.39. The Morgan fingerprint density at radius 2 is 1.90 bits per heavy atom.